The van der Waals surface area contributed by atoms with Crippen LogP contribution in [0.4, 0.5) is 11.8 Å². The quantitative estimate of drug-likeness (QED) is 0.568. The molecule has 2 aliphatic rings. The van der Waals surface area contributed by atoms with Crippen LogP contribution in [0.3, 0.4) is 0 Å². The van der Waals surface area contributed by atoms with E-state index in [9.17, 15) is 8.42 Å². The molecule has 3 heterocycles. The van der Waals surface area contributed by atoms with Crippen LogP contribution in [0.15, 0.2) is 35.4 Å². The zero-order chi connectivity index (χ0) is 22.6. The van der Waals surface area contributed by atoms with Gasteiger partial charge in [0, 0.05) is 38.1 Å². The molecule has 2 fully saturated rings. The monoisotopic (exact) mass is 460 g/mol. The molecule has 2 aliphatic heterocycles. The van der Waals surface area contributed by atoms with Crippen molar-refractivity contribution in [3.05, 3.63) is 30.5 Å². The Morgan fingerprint density at radius 1 is 1.06 bits per heavy atom. The molecule has 0 saturated carbocycles. The van der Waals surface area contributed by atoms with Gasteiger partial charge in [-0.25, -0.2) is 13.4 Å². The van der Waals surface area contributed by atoms with E-state index in [2.05, 4.69) is 15.3 Å². The van der Waals surface area contributed by atoms with Gasteiger partial charge in [0.1, 0.15) is 5.82 Å². The van der Waals surface area contributed by atoms with Crippen LogP contribution >= 0.6 is 0 Å². The summed E-state index contributed by atoms with van der Waals surface area (Å²) < 4.78 is 33.5. The van der Waals surface area contributed by atoms with E-state index in [0.717, 1.165) is 57.6 Å². The molecule has 1 aromatic carbocycles. The zero-order valence-electron chi connectivity index (χ0n) is 18.2. The molecular weight excluding hydrogens is 428 g/mol. The largest absolute Gasteiger partial charge is 0.383 e. The second kappa shape index (κ2) is 10.1. The van der Waals surface area contributed by atoms with Crippen molar-refractivity contribution in [2.45, 2.75) is 30.6 Å². The molecule has 1 atom stereocenters. The third-order valence-corrected chi connectivity index (χ3v) is 8.21. The smallest absolute Gasteiger partial charge is 0.243 e. The molecule has 2 saturated heterocycles. The number of ether oxygens (including phenoxy) is 1. The number of aromatic nitrogens is 2. The number of sulfonamides is 1. The first-order valence-electron chi connectivity index (χ1n) is 11.2. The van der Waals surface area contributed by atoms with Gasteiger partial charge < -0.3 is 21.5 Å². The van der Waals surface area contributed by atoms with Gasteiger partial charge in [-0.3, -0.25) is 0 Å². The summed E-state index contributed by atoms with van der Waals surface area (Å²) in [5.74, 6) is 1.35. The molecule has 0 amide bonds. The molecule has 174 valence electrons. The lowest BCUT2D eigenvalue weighted by molar-refractivity contribution is 0.0658. The number of nitrogens with two attached hydrogens (primary N) is 2. The third-order valence-electron chi connectivity index (χ3n) is 6.33. The van der Waals surface area contributed by atoms with Crippen LogP contribution in [0, 0.1) is 11.8 Å². The van der Waals surface area contributed by atoms with E-state index in [1.165, 1.54) is 0 Å². The molecule has 4 rings (SSSR count). The normalized spacial score (nSPS) is 20.9. The highest BCUT2D eigenvalue weighted by atomic mass is 32.2. The summed E-state index contributed by atoms with van der Waals surface area (Å²) in [6.07, 6.45) is 5.66. The SMILES string of the molecule is Nc1ncc(-c2ccc(S(=O)(=O)N3CCCC(CNCC4CCOCC4)C3)cc2)c(N)n1. The van der Waals surface area contributed by atoms with Crippen LogP contribution < -0.4 is 16.8 Å². The van der Waals surface area contributed by atoms with Gasteiger partial charge in [-0.05, 0) is 68.3 Å². The van der Waals surface area contributed by atoms with E-state index < -0.39 is 10.0 Å². The number of nitrogens with one attached hydrogen (secondary N) is 1. The predicted octanol–water partition coefficient (Wildman–Crippen LogP) is 1.72. The fourth-order valence-electron chi connectivity index (χ4n) is 4.44. The molecule has 0 spiro atoms. The second-order valence-electron chi connectivity index (χ2n) is 8.64. The zero-order valence-corrected chi connectivity index (χ0v) is 19.1. The summed E-state index contributed by atoms with van der Waals surface area (Å²) in [4.78, 5) is 8.22. The standard InChI is InChI=1S/C22H32N6O3S/c23-21-20(14-26-22(24)27-21)18-3-5-19(6-4-18)32(29,30)28-9-1-2-17(15-28)13-25-12-16-7-10-31-11-8-16/h3-6,14,16-17,25H,1-2,7-13,15H2,(H4,23,24,26,27). The van der Waals surface area contributed by atoms with Crippen LogP contribution in [-0.4, -0.2) is 62.1 Å². The molecule has 9 nitrogen and oxygen atoms in total. The van der Waals surface area contributed by atoms with Crippen molar-refractivity contribution >= 4 is 21.8 Å². The molecule has 1 unspecified atom stereocenters. The number of hydrogen-bond donors (Lipinski definition) is 3. The maximum Gasteiger partial charge on any atom is 0.243 e. The molecule has 1 aromatic heterocycles. The van der Waals surface area contributed by atoms with Gasteiger partial charge >= 0.3 is 0 Å². The van der Waals surface area contributed by atoms with Crippen molar-refractivity contribution < 1.29 is 13.2 Å². The number of benzene rings is 1. The van der Waals surface area contributed by atoms with Crippen molar-refractivity contribution in [3.8, 4) is 11.1 Å². The van der Waals surface area contributed by atoms with Crippen LogP contribution in [0.1, 0.15) is 25.7 Å². The predicted molar refractivity (Wildman–Crippen MR) is 124 cm³/mol. The molecule has 5 N–H and O–H groups in total. The van der Waals surface area contributed by atoms with E-state index in [1.807, 2.05) is 0 Å². The lowest BCUT2D eigenvalue weighted by Gasteiger charge is -2.32. The third kappa shape index (κ3) is 5.37. The fraction of sp³-hybridized carbons (Fsp3) is 0.545. The Morgan fingerprint density at radius 2 is 1.78 bits per heavy atom. The number of piperidine rings is 1. The minimum absolute atomic E-state index is 0.104. The molecule has 2 aromatic rings. The Hall–Kier alpha value is -2.27. The summed E-state index contributed by atoms with van der Waals surface area (Å²) in [6, 6.07) is 6.70. The fourth-order valence-corrected chi connectivity index (χ4v) is 6.00. The number of nitrogens with zero attached hydrogens (tertiary/aromatic N) is 3. The molecule has 32 heavy (non-hydrogen) atoms. The second-order valence-corrected chi connectivity index (χ2v) is 10.6. The molecule has 0 radical (unpaired) electrons. The maximum absolute atomic E-state index is 13.2. The van der Waals surface area contributed by atoms with Gasteiger partial charge in [0.25, 0.3) is 0 Å². The number of anilines is 2. The first-order chi connectivity index (χ1) is 15.4. The summed E-state index contributed by atoms with van der Waals surface area (Å²) in [5, 5.41) is 3.56. The molecule has 0 aliphatic carbocycles. The van der Waals surface area contributed by atoms with Gasteiger partial charge in [0.05, 0.1) is 4.90 Å². The minimum atomic E-state index is -3.55. The van der Waals surface area contributed by atoms with Gasteiger partial charge in [-0.15, -0.1) is 0 Å². The van der Waals surface area contributed by atoms with Crippen LogP contribution in [0.25, 0.3) is 11.1 Å². The Morgan fingerprint density at radius 3 is 2.50 bits per heavy atom. The van der Waals surface area contributed by atoms with E-state index in [4.69, 9.17) is 16.2 Å². The first kappa shape index (κ1) is 22.9. The highest BCUT2D eigenvalue weighted by molar-refractivity contribution is 7.89. The molecule has 10 heteroatoms. The van der Waals surface area contributed by atoms with E-state index in [0.29, 0.717) is 30.5 Å². The first-order valence-corrected chi connectivity index (χ1v) is 12.6. The average Bonchev–Trinajstić information content (AvgIpc) is 2.80. The number of rotatable bonds is 7. The number of hydrogen-bond acceptors (Lipinski definition) is 8. The van der Waals surface area contributed by atoms with Crippen LogP contribution in [-0.2, 0) is 14.8 Å². The average molecular weight is 461 g/mol. The Labute approximate surface area is 189 Å². The van der Waals surface area contributed by atoms with E-state index >= 15 is 0 Å². The highest BCUT2D eigenvalue weighted by Crippen LogP contribution is 2.28. The molecular formula is C22H32N6O3S. The van der Waals surface area contributed by atoms with Crippen LogP contribution in [0.2, 0.25) is 0 Å². The van der Waals surface area contributed by atoms with Gasteiger partial charge in [0.15, 0.2) is 0 Å². The Kier molecular flexibility index (Phi) is 7.24. The lowest BCUT2D eigenvalue weighted by atomic mass is 9.98. The van der Waals surface area contributed by atoms with Crippen molar-refractivity contribution in [3.63, 3.8) is 0 Å². The van der Waals surface area contributed by atoms with Gasteiger partial charge in [-0.2, -0.15) is 9.29 Å². The number of nitrogen functional groups attached to an aromatic ring is 2. The topological polar surface area (TPSA) is 136 Å². The van der Waals surface area contributed by atoms with E-state index in [1.54, 1.807) is 34.8 Å². The van der Waals surface area contributed by atoms with Crippen molar-refractivity contribution in [2.24, 2.45) is 11.8 Å². The van der Waals surface area contributed by atoms with Crippen molar-refractivity contribution in [2.75, 3.05) is 50.9 Å². The Bertz CT molecular complexity index is 1010. The summed E-state index contributed by atoms with van der Waals surface area (Å²) in [7, 11) is -3.55. The summed E-state index contributed by atoms with van der Waals surface area (Å²) in [6.45, 7) is 4.62. The highest BCUT2D eigenvalue weighted by Gasteiger charge is 2.30. The Balaban J connectivity index is 1.37. The van der Waals surface area contributed by atoms with Crippen molar-refractivity contribution in [1.29, 1.82) is 0 Å². The molecule has 0 bridgehead atoms. The lowest BCUT2D eigenvalue weighted by Crippen LogP contribution is -2.43. The summed E-state index contributed by atoms with van der Waals surface area (Å²) >= 11 is 0. The van der Waals surface area contributed by atoms with E-state index in [-0.39, 0.29) is 16.7 Å². The minimum Gasteiger partial charge on any atom is -0.383 e. The van der Waals surface area contributed by atoms with Gasteiger partial charge in [0.2, 0.25) is 16.0 Å². The summed E-state index contributed by atoms with van der Waals surface area (Å²) in [5.41, 5.74) is 12.8. The van der Waals surface area contributed by atoms with Gasteiger partial charge in [-0.1, -0.05) is 12.1 Å². The maximum atomic E-state index is 13.2. The van der Waals surface area contributed by atoms with Crippen LogP contribution in [0.5, 0.6) is 0 Å². The van der Waals surface area contributed by atoms with Crippen molar-refractivity contribution in [1.82, 2.24) is 19.6 Å².